The molecule has 0 radical (unpaired) electrons. The molecule has 0 saturated heterocycles. The zero-order valence-electron chi connectivity index (χ0n) is 23.7. The van der Waals surface area contributed by atoms with Crippen LogP contribution in [0.5, 0.6) is 0 Å². The maximum absolute atomic E-state index is 14.3. The molecule has 1 atom stereocenters. The molecule has 4 aromatic rings. The van der Waals surface area contributed by atoms with Crippen molar-refractivity contribution in [1.82, 2.24) is 10.2 Å². The molecule has 0 aromatic heterocycles. The number of anilines is 1. The zero-order chi connectivity index (χ0) is 30.8. The maximum atomic E-state index is 14.3. The van der Waals surface area contributed by atoms with E-state index in [1.165, 1.54) is 47.4 Å². The first-order chi connectivity index (χ1) is 20.7. The number of carbonyl (C=O) groups is 2. The molecule has 0 bridgehead atoms. The number of hydrogen-bond acceptors (Lipinski definition) is 4. The van der Waals surface area contributed by atoms with Gasteiger partial charge in [0.25, 0.3) is 10.0 Å². The van der Waals surface area contributed by atoms with Crippen LogP contribution in [0.25, 0.3) is 0 Å². The van der Waals surface area contributed by atoms with Crippen LogP contribution in [-0.4, -0.2) is 44.3 Å². The van der Waals surface area contributed by atoms with E-state index in [9.17, 15) is 22.4 Å². The minimum absolute atomic E-state index is 0.0191. The van der Waals surface area contributed by atoms with Gasteiger partial charge in [-0.1, -0.05) is 91.3 Å². The highest BCUT2D eigenvalue weighted by Gasteiger charge is 2.35. The van der Waals surface area contributed by atoms with E-state index < -0.39 is 34.3 Å². The first-order valence-electron chi connectivity index (χ1n) is 13.9. The Kier molecular flexibility index (Phi) is 10.9. The maximum Gasteiger partial charge on any atom is 0.264 e. The van der Waals surface area contributed by atoms with Gasteiger partial charge in [-0.05, 0) is 53.9 Å². The lowest BCUT2D eigenvalue weighted by atomic mass is 10.0. The van der Waals surface area contributed by atoms with Crippen LogP contribution in [0.3, 0.4) is 0 Å². The van der Waals surface area contributed by atoms with Gasteiger partial charge in [0.1, 0.15) is 18.4 Å². The number of hydrogen-bond donors (Lipinski definition) is 1. The Balaban J connectivity index is 1.79. The molecule has 0 spiro atoms. The zero-order valence-corrected chi connectivity index (χ0v) is 25.3. The third-order valence-corrected chi connectivity index (χ3v) is 8.91. The highest BCUT2D eigenvalue weighted by Crippen LogP contribution is 2.31. The summed E-state index contributed by atoms with van der Waals surface area (Å²) < 4.78 is 42.6. The molecule has 4 rings (SSSR count). The Morgan fingerprint density at radius 3 is 2.07 bits per heavy atom. The molecule has 0 aliphatic rings. The smallest absolute Gasteiger partial charge is 0.264 e. The molecule has 224 valence electrons. The SMILES string of the molecule is CCCNC(=O)[C@@H](Cc1ccccc1)N(Cc1ccc(F)cc1)C(=O)CN(c1ccccc1Cl)S(=O)(=O)c1ccccc1. The van der Waals surface area contributed by atoms with Gasteiger partial charge >= 0.3 is 0 Å². The van der Waals surface area contributed by atoms with Gasteiger partial charge in [0.15, 0.2) is 0 Å². The summed E-state index contributed by atoms with van der Waals surface area (Å²) in [5.74, 6) is -1.45. The number of rotatable bonds is 13. The van der Waals surface area contributed by atoms with Crippen molar-refractivity contribution in [3.05, 3.63) is 131 Å². The molecule has 2 amide bonds. The van der Waals surface area contributed by atoms with Crippen molar-refractivity contribution >= 4 is 39.1 Å². The lowest BCUT2D eigenvalue weighted by Gasteiger charge is -2.34. The standard InChI is InChI=1S/C33H33ClFN3O4S/c1-2-21-36-33(40)31(22-25-11-5-3-6-12-25)37(23-26-17-19-27(35)20-18-26)32(39)24-38(30-16-10-9-15-29(30)34)43(41,42)28-13-7-4-8-14-28/h3-20,31H,2,21-24H2,1H3,(H,36,40)/t31-/m1/s1. The van der Waals surface area contributed by atoms with Crippen LogP contribution >= 0.6 is 11.6 Å². The minimum Gasteiger partial charge on any atom is -0.354 e. The normalized spacial score (nSPS) is 11.9. The Morgan fingerprint density at radius 2 is 1.44 bits per heavy atom. The number of nitrogens with zero attached hydrogens (tertiary/aromatic N) is 2. The molecule has 7 nitrogen and oxygen atoms in total. The third kappa shape index (κ3) is 8.21. The second-order valence-electron chi connectivity index (χ2n) is 9.92. The molecule has 1 N–H and O–H groups in total. The van der Waals surface area contributed by atoms with E-state index in [2.05, 4.69) is 5.32 Å². The lowest BCUT2D eigenvalue weighted by Crippen LogP contribution is -2.53. The van der Waals surface area contributed by atoms with Gasteiger partial charge in [-0.3, -0.25) is 13.9 Å². The predicted molar refractivity (Wildman–Crippen MR) is 167 cm³/mol. The molecular formula is C33H33ClFN3O4S. The highest BCUT2D eigenvalue weighted by atomic mass is 35.5. The van der Waals surface area contributed by atoms with Crippen LogP contribution in [0.4, 0.5) is 10.1 Å². The summed E-state index contributed by atoms with van der Waals surface area (Å²) >= 11 is 6.47. The average Bonchev–Trinajstić information content (AvgIpc) is 3.02. The number of sulfonamides is 1. The van der Waals surface area contributed by atoms with E-state index in [1.54, 1.807) is 36.4 Å². The van der Waals surface area contributed by atoms with E-state index >= 15 is 0 Å². The Bertz CT molecular complexity index is 1620. The number of halogens is 2. The summed E-state index contributed by atoms with van der Waals surface area (Å²) in [4.78, 5) is 29.3. The van der Waals surface area contributed by atoms with Crippen molar-refractivity contribution in [2.45, 2.75) is 37.2 Å². The van der Waals surface area contributed by atoms with Gasteiger partial charge in [-0.15, -0.1) is 0 Å². The molecule has 0 fully saturated rings. The van der Waals surface area contributed by atoms with Crippen molar-refractivity contribution in [2.75, 3.05) is 17.4 Å². The molecular weight excluding hydrogens is 589 g/mol. The van der Waals surface area contributed by atoms with Gasteiger partial charge in [0, 0.05) is 19.5 Å². The highest BCUT2D eigenvalue weighted by molar-refractivity contribution is 7.92. The van der Waals surface area contributed by atoms with Crippen LogP contribution in [0.2, 0.25) is 5.02 Å². The van der Waals surface area contributed by atoms with Crippen LogP contribution < -0.4 is 9.62 Å². The van der Waals surface area contributed by atoms with E-state index in [4.69, 9.17) is 11.6 Å². The summed E-state index contributed by atoms with van der Waals surface area (Å²) in [7, 11) is -4.25. The molecule has 0 unspecified atom stereocenters. The van der Waals surface area contributed by atoms with Crippen molar-refractivity contribution in [2.24, 2.45) is 0 Å². The fourth-order valence-electron chi connectivity index (χ4n) is 4.59. The molecule has 0 aliphatic carbocycles. The Morgan fingerprint density at radius 1 is 0.837 bits per heavy atom. The fourth-order valence-corrected chi connectivity index (χ4v) is 6.34. The quantitative estimate of drug-likeness (QED) is 0.203. The van der Waals surface area contributed by atoms with Gasteiger partial charge in [0.05, 0.1) is 15.6 Å². The second-order valence-corrected chi connectivity index (χ2v) is 12.2. The number of carbonyl (C=O) groups excluding carboxylic acids is 2. The topological polar surface area (TPSA) is 86.8 Å². The predicted octanol–water partition coefficient (Wildman–Crippen LogP) is 5.84. The lowest BCUT2D eigenvalue weighted by molar-refractivity contribution is -0.140. The Hall–Kier alpha value is -4.21. The van der Waals surface area contributed by atoms with Crippen molar-refractivity contribution in [3.8, 4) is 0 Å². The fraction of sp³-hybridized carbons (Fsp3) is 0.212. The third-order valence-electron chi connectivity index (χ3n) is 6.82. The van der Waals surface area contributed by atoms with Gasteiger partial charge in [-0.25, -0.2) is 12.8 Å². The minimum atomic E-state index is -4.25. The van der Waals surface area contributed by atoms with E-state index in [0.29, 0.717) is 18.5 Å². The van der Waals surface area contributed by atoms with Gasteiger partial charge in [0.2, 0.25) is 11.8 Å². The van der Waals surface area contributed by atoms with E-state index in [-0.39, 0.29) is 34.5 Å². The van der Waals surface area contributed by atoms with Crippen molar-refractivity contribution in [3.63, 3.8) is 0 Å². The first kappa shape index (κ1) is 31.7. The van der Waals surface area contributed by atoms with E-state index in [1.807, 2.05) is 37.3 Å². The van der Waals surface area contributed by atoms with Crippen molar-refractivity contribution in [1.29, 1.82) is 0 Å². The van der Waals surface area contributed by atoms with Crippen LogP contribution in [0.1, 0.15) is 24.5 Å². The molecule has 10 heteroatoms. The number of nitrogens with one attached hydrogen (secondary N) is 1. The molecule has 0 aliphatic heterocycles. The monoisotopic (exact) mass is 621 g/mol. The molecule has 0 saturated carbocycles. The van der Waals surface area contributed by atoms with Gasteiger partial charge < -0.3 is 10.2 Å². The Labute approximate surface area is 257 Å². The largest absolute Gasteiger partial charge is 0.354 e. The number of para-hydroxylation sites is 1. The molecule has 4 aromatic carbocycles. The van der Waals surface area contributed by atoms with Crippen LogP contribution in [0.15, 0.2) is 114 Å². The summed E-state index contributed by atoms with van der Waals surface area (Å²) in [5.41, 5.74) is 1.51. The molecule has 0 heterocycles. The summed E-state index contributed by atoms with van der Waals surface area (Å²) in [6.07, 6.45) is 0.867. The summed E-state index contributed by atoms with van der Waals surface area (Å²) in [6, 6.07) is 28.0. The van der Waals surface area contributed by atoms with Crippen molar-refractivity contribution < 1.29 is 22.4 Å². The number of benzene rings is 4. The average molecular weight is 622 g/mol. The number of amides is 2. The molecule has 43 heavy (non-hydrogen) atoms. The van der Waals surface area contributed by atoms with E-state index in [0.717, 1.165) is 9.87 Å². The van der Waals surface area contributed by atoms with Gasteiger partial charge in [-0.2, -0.15) is 0 Å². The van der Waals surface area contributed by atoms with Crippen LogP contribution in [-0.2, 0) is 32.6 Å². The summed E-state index contributed by atoms with van der Waals surface area (Å²) in [6.45, 7) is 1.63. The second kappa shape index (κ2) is 14.8. The summed E-state index contributed by atoms with van der Waals surface area (Å²) in [5, 5.41) is 3.03. The first-order valence-corrected chi connectivity index (χ1v) is 15.7. The van der Waals surface area contributed by atoms with Crippen LogP contribution in [0, 0.1) is 5.82 Å².